The van der Waals surface area contributed by atoms with Gasteiger partial charge in [0.2, 0.25) is 5.91 Å². The number of hydrogen-bond donors (Lipinski definition) is 6. The average Bonchev–Trinajstić information content (AvgIpc) is 3.42. The van der Waals surface area contributed by atoms with E-state index in [1.54, 1.807) is 66.7 Å². The van der Waals surface area contributed by atoms with Crippen LogP contribution >= 0.6 is 0 Å². The summed E-state index contributed by atoms with van der Waals surface area (Å²) in [5.41, 5.74) is 4.20. The standard InChI is InChI=1S/C26H28N4O4S.C2HF3O2/c1-35(33,34)23-10-3-2-9-22(23)18-11-13-20(14-12-18)28-25(31)26(15-4-5-16-26)29-21-8-6-7-19(17-21)24(27)30-32;3-2(4,5)1(6)7/h2-3,6-14,17,29,32H,4-5,15-16H2,1H3,(H2,27,30)(H,28,31);(H,6,7). The van der Waals surface area contributed by atoms with Crippen LogP contribution in [0, 0.1) is 5.41 Å². The SMILES string of the molecule is CS(=O)(=O)c1ccccc1-c1ccc(NC(=O)C2(Nc3cccc(C(=N)NO)c3)CCCC2)cc1.O=C(O)C(F)(F)F. The lowest BCUT2D eigenvalue weighted by Crippen LogP contribution is -2.47. The van der Waals surface area contributed by atoms with Crippen molar-refractivity contribution < 1.29 is 41.5 Å². The monoisotopic (exact) mass is 606 g/mol. The number of carbonyl (C=O) groups excluding carboxylic acids is 1. The number of amides is 1. The second-order valence-electron chi connectivity index (χ2n) is 9.58. The first kappa shape index (κ1) is 32.1. The molecule has 1 saturated carbocycles. The Morgan fingerprint density at radius 3 is 2.07 bits per heavy atom. The molecule has 4 rings (SSSR count). The Hall–Kier alpha value is -4.43. The van der Waals surface area contributed by atoms with Crippen LogP contribution in [0.2, 0.25) is 0 Å². The van der Waals surface area contributed by atoms with E-state index in [4.69, 9.17) is 20.5 Å². The minimum absolute atomic E-state index is 0.129. The molecule has 0 heterocycles. The van der Waals surface area contributed by atoms with Crippen LogP contribution in [0.25, 0.3) is 11.1 Å². The second-order valence-corrected chi connectivity index (χ2v) is 11.6. The van der Waals surface area contributed by atoms with Crippen LogP contribution in [0.3, 0.4) is 0 Å². The number of amidine groups is 1. The lowest BCUT2D eigenvalue weighted by Gasteiger charge is -2.30. The van der Waals surface area contributed by atoms with Gasteiger partial charge in [0.05, 0.1) is 4.90 Å². The second kappa shape index (κ2) is 13.0. The van der Waals surface area contributed by atoms with E-state index >= 15 is 0 Å². The first-order valence-corrected chi connectivity index (χ1v) is 14.4. The summed E-state index contributed by atoms with van der Waals surface area (Å²) in [6.45, 7) is 0. The minimum Gasteiger partial charge on any atom is -0.475 e. The fourth-order valence-corrected chi connectivity index (χ4v) is 5.40. The molecule has 0 atom stereocenters. The van der Waals surface area contributed by atoms with Crippen molar-refractivity contribution in [3.63, 3.8) is 0 Å². The number of carbonyl (C=O) groups is 2. The summed E-state index contributed by atoms with van der Waals surface area (Å²) in [7, 11) is -3.38. The minimum atomic E-state index is -5.08. The van der Waals surface area contributed by atoms with Gasteiger partial charge >= 0.3 is 12.1 Å². The number of alkyl halides is 3. The van der Waals surface area contributed by atoms with Crippen LogP contribution in [0.1, 0.15) is 31.2 Å². The zero-order chi connectivity index (χ0) is 31.1. The molecule has 1 amide bonds. The lowest BCUT2D eigenvalue weighted by atomic mass is 9.95. The predicted octanol–water partition coefficient (Wildman–Crippen LogP) is 5.06. The maximum absolute atomic E-state index is 13.4. The van der Waals surface area contributed by atoms with Crippen molar-refractivity contribution in [1.29, 1.82) is 5.41 Å². The highest BCUT2D eigenvalue weighted by atomic mass is 32.2. The molecule has 3 aromatic carbocycles. The third-order valence-corrected chi connectivity index (χ3v) is 7.68. The van der Waals surface area contributed by atoms with Crippen LogP contribution in [-0.2, 0) is 19.4 Å². The van der Waals surface area contributed by atoms with Crippen LogP contribution < -0.4 is 16.1 Å². The first-order chi connectivity index (χ1) is 19.7. The summed E-state index contributed by atoms with van der Waals surface area (Å²) in [6, 6.07) is 21.0. The molecule has 0 saturated heterocycles. The highest BCUT2D eigenvalue weighted by Crippen LogP contribution is 2.35. The number of hydroxylamine groups is 1. The summed E-state index contributed by atoms with van der Waals surface area (Å²) in [5, 5.41) is 30.3. The highest BCUT2D eigenvalue weighted by molar-refractivity contribution is 7.90. The van der Waals surface area contributed by atoms with Crippen LogP contribution in [0.4, 0.5) is 24.5 Å². The quantitative estimate of drug-likeness (QED) is 0.123. The molecule has 42 heavy (non-hydrogen) atoms. The Morgan fingerprint density at radius 1 is 0.929 bits per heavy atom. The van der Waals surface area contributed by atoms with Crippen molar-refractivity contribution in [2.75, 3.05) is 16.9 Å². The zero-order valence-corrected chi connectivity index (χ0v) is 23.1. The first-order valence-electron chi connectivity index (χ1n) is 12.5. The summed E-state index contributed by atoms with van der Waals surface area (Å²) >= 11 is 0. The van der Waals surface area contributed by atoms with Crippen molar-refractivity contribution in [3.8, 4) is 11.1 Å². The van der Waals surface area contributed by atoms with Crippen molar-refractivity contribution in [2.45, 2.75) is 42.3 Å². The van der Waals surface area contributed by atoms with Crippen molar-refractivity contribution in [2.24, 2.45) is 0 Å². The van der Waals surface area contributed by atoms with Gasteiger partial charge in [0.1, 0.15) is 11.4 Å². The van der Waals surface area contributed by atoms with Gasteiger partial charge in [0.25, 0.3) is 0 Å². The molecule has 1 aliphatic carbocycles. The lowest BCUT2D eigenvalue weighted by molar-refractivity contribution is -0.192. The third kappa shape index (κ3) is 8.07. The Balaban J connectivity index is 0.000000616. The van der Waals surface area contributed by atoms with Crippen molar-refractivity contribution in [1.82, 2.24) is 5.48 Å². The summed E-state index contributed by atoms with van der Waals surface area (Å²) in [5.74, 6) is -3.04. The van der Waals surface area contributed by atoms with Gasteiger partial charge in [0, 0.05) is 28.8 Å². The van der Waals surface area contributed by atoms with E-state index in [1.165, 1.54) is 6.26 Å². The Kier molecular flexibility index (Phi) is 9.96. The molecule has 14 heteroatoms. The predicted molar refractivity (Wildman–Crippen MR) is 150 cm³/mol. The number of sulfone groups is 1. The fourth-order valence-electron chi connectivity index (χ4n) is 4.49. The Bertz CT molecular complexity index is 1550. The molecule has 1 aliphatic rings. The molecular weight excluding hydrogens is 577 g/mol. The molecular formula is C28H29F3N4O6S. The van der Waals surface area contributed by atoms with Gasteiger partial charge in [-0.2, -0.15) is 13.2 Å². The van der Waals surface area contributed by atoms with E-state index in [0.29, 0.717) is 35.3 Å². The number of halogens is 3. The zero-order valence-electron chi connectivity index (χ0n) is 22.3. The van der Waals surface area contributed by atoms with Crippen LogP contribution in [-0.4, -0.2) is 54.4 Å². The van der Waals surface area contributed by atoms with Crippen molar-refractivity contribution in [3.05, 3.63) is 78.4 Å². The molecule has 6 N–H and O–H groups in total. The van der Waals surface area contributed by atoms with E-state index in [9.17, 15) is 26.4 Å². The summed E-state index contributed by atoms with van der Waals surface area (Å²) in [4.78, 5) is 22.6. The molecule has 0 spiro atoms. The van der Waals surface area contributed by atoms with Crippen LogP contribution in [0.5, 0.6) is 0 Å². The smallest absolute Gasteiger partial charge is 0.475 e. The van der Waals surface area contributed by atoms with E-state index < -0.39 is 27.5 Å². The number of carboxylic acids is 1. The van der Waals surface area contributed by atoms with Gasteiger partial charge in [-0.05, 0) is 48.7 Å². The van der Waals surface area contributed by atoms with E-state index in [0.717, 1.165) is 18.4 Å². The van der Waals surface area contributed by atoms with Gasteiger partial charge in [0.15, 0.2) is 9.84 Å². The maximum Gasteiger partial charge on any atom is 0.490 e. The molecule has 10 nitrogen and oxygen atoms in total. The Morgan fingerprint density at radius 2 is 1.52 bits per heavy atom. The molecule has 0 bridgehead atoms. The van der Waals surface area contributed by atoms with Crippen LogP contribution in [0.15, 0.2) is 77.7 Å². The molecule has 224 valence electrons. The summed E-state index contributed by atoms with van der Waals surface area (Å²) < 4.78 is 56.0. The third-order valence-electron chi connectivity index (χ3n) is 6.52. The molecule has 0 unspecified atom stereocenters. The van der Waals surface area contributed by atoms with Gasteiger partial charge in [-0.15, -0.1) is 0 Å². The van der Waals surface area contributed by atoms with Crippen molar-refractivity contribution >= 4 is 38.9 Å². The average molecular weight is 607 g/mol. The number of carboxylic acid groups (broad SMARTS) is 1. The van der Waals surface area contributed by atoms with E-state index in [1.807, 2.05) is 11.5 Å². The molecule has 1 fully saturated rings. The topological polar surface area (TPSA) is 169 Å². The normalized spacial score (nSPS) is 14.2. The van der Waals surface area contributed by atoms with E-state index in [2.05, 4.69) is 10.6 Å². The van der Waals surface area contributed by atoms with Gasteiger partial charge in [-0.3, -0.25) is 20.9 Å². The number of aliphatic carboxylic acids is 1. The number of hydrogen-bond acceptors (Lipinski definition) is 7. The van der Waals surface area contributed by atoms with Gasteiger partial charge in [-0.25, -0.2) is 13.2 Å². The molecule has 3 aromatic rings. The number of benzene rings is 3. The number of nitrogens with one attached hydrogen (secondary N) is 4. The summed E-state index contributed by atoms with van der Waals surface area (Å²) in [6.07, 6.45) is -0.741. The van der Waals surface area contributed by atoms with E-state index in [-0.39, 0.29) is 16.6 Å². The van der Waals surface area contributed by atoms with Gasteiger partial charge < -0.3 is 15.7 Å². The highest BCUT2D eigenvalue weighted by Gasteiger charge is 2.41. The molecule has 0 aliphatic heterocycles. The maximum atomic E-state index is 13.4. The number of rotatable bonds is 7. The molecule has 0 aromatic heterocycles. The largest absolute Gasteiger partial charge is 0.490 e. The molecule has 0 radical (unpaired) electrons. The van der Waals surface area contributed by atoms with Gasteiger partial charge in [-0.1, -0.05) is 55.3 Å². The Labute approximate surface area is 240 Å². The fraction of sp³-hybridized carbons (Fsp3) is 0.250. The number of anilines is 2.